The molecule has 0 atom stereocenters. The van der Waals surface area contributed by atoms with E-state index >= 15 is 0 Å². The van der Waals surface area contributed by atoms with Gasteiger partial charge in [-0.25, -0.2) is 9.59 Å². The fourth-order valence-corrected chi connectivity index (χ4v) is 2.10. The summed E-state index contributed by atoms with van der Waals surface area (Å²) in [6.07, 6.45) is 0.973. The maximum Gasteiger partial charge on any atom is 0.342 e. The molecule has 0 aromatic heterocycles. The van der Waals surface area contributed by atoms with Gasteiger partial charge in [0.05, 0.1) is 16.2 Å². The van der Waals surface area contributed by atoms with Gasteiger partial charge in [0.2, 0.25) is 5.91 Å². The second-order valence-corrected chi connectivity index (χ2v) is 5.05. The zero-order valence-corrected chi connectivity index (χ0v) is 13.5. The van der Waals surface area contributed by atoms with Crippen molar-refractivity contribution in [2.45, 2.75) is 0 Å². The summed E-state index contributed by atoms with van der Waals surface area (Å²) in [6, 6.07) is 6.84. The molecule has 0 aliphatic heterocycles. The van der Waals surface area contributed by atoms with Crippen LogP contribution >= 0.6 is 0 Å². The summed E-state index contributed by atoms with van der Waals surface area (Å²) in [7, 11) is 0. The van der Waals surface area contributed by atoms with Gasteiger partial charge < -0.3 is 20.3 Å². The quantitative estimate of drug-likeness (QED) is 0.380. The van der Waals surface area contributed by atoms with Crippen LogP contribution < -0.4 is 10.1 Å². The number of hydrogen-bond acceptors (Lipinski definition) is 6. The Bertz CT molecular complexity index is 967. The van der Waals surface area contributed by atoms with Crippen LogP contribution in [0.3, 0.4) is 0 Å². The third-order valence-electron chi connectivity index (χ3n) is 3.30. The Hall–Kier alpha value is -4.21. The number of carboxylic acids is 2. The summed E-state index contributed by atoms with van der Waals surface area (Å²) < 4.78 is 5.40. The molecule has 138 valence electrons. The molecule has 0 saturated heterocycles. The zero-order chi connectivity index (χ0) is 20.1. The van der Waals surface area contributed by atoms with Crippen LogP contribution in [-0.2, 0) is 4.79 Å². The van der Waals surface area contributed by atoms with Crippen molar-refractivity contribution in [2.75, 3.05) is 5.32 Å². The first-order valence-corrected chi connectivity index (χ1v) is 7.23. The minimum absolute atomic E-state index is 0.00896. The molecule has 0 unspecified atom stereocenters. The van der Waals surface area contributed by atoms with Crippen LogP contribution in [0.15, 0.2) is 49.1 Å². The third kappa shape index (κ3) is 4.45. The molecule has 0 bridgehead atoms. The molecule has 0 fully saturated rings. The van der Waals surface area contributed by atoms with E-state index in [4.69, 9.17) is 9.84 Å². The van der Waals surface area contributed by atoms with Crippen LogP contribution in [0.25, 0.3) is 0 Å². The van der Waals surface area contributed by atoms with Crippen molar-refractivity contribution in [3.63, 3.8) is 0 Å². The first kappa shape index (κ1) is 19.1. The van der Waals surface area contributed by atoms with Crippen LogP contribution in [0.2, 0.25) is 0 Å². The molecule has 0 radical (unpaired) electrons. The van der Waals surface area contributed by atoms with E-state index in [1.807, 2.05) is 0 Å². The Kier molecular flexibility index (Phi) is 5.51. The molecule has 0 aliphatic rings. The summed E-state index contributed by atoms with van der Waals surface area (Å²) >= 11 is 0. The van der Waals surface area contributed by atoms with Gasteiger partial charge in [0.1, 0.15) is 17.1 Å². The number of nitro groups is 1. The molecule has 0 spiro atoms. The summed E-state index contributed by atoms with van der Waals surface area (Å²) in [5.74, 6) is -3.48. The molecule has 0 aliphatic carbocycles. The summed E-state index contributed by atoms with van der Waals surface area (Å²) in [6.45, 7) is 3.27. The number of rotatable bonds is 7. The second-order valence-electron chi connectivity index (χ2n) is 5.05. The maximum atomic E-state index is 11.4. The molecular weight excluding hydrogens is 360 g/mol. The topological polar surface area (TPSA) is 156 Å². The molecule has 2 rings (SSSR count). The smallest absolute Gasteiger partial charge is 0.342 e. The molecule has 3 N–H and O–H groups in total. The van der Waals surface area contributed by atoms with Gasteiger partial charge >= 0.3 is 11.9 Å². The van der Waals surface area contributed by atoms with Crippen LogP contribution in [0, 0.1) is 10.1 Å². The van der Waals surface area contributed by atoms with Gasteiger partial charge in [-0.05, 0) is 30.3 Å². The molecular formula is C17H12N2O8. The average Bonchev–Trinajstić information content (AvgIpc) is 2.62. The Morgan fingerprint density at radius 3 is 2.11 bits per heavy atom. The van der Waals surface area contributed by atoms with Crippen molar-refractivity contribution in [1.29, 1.82) is 0 Å². The molecule has 2 aromatic rings. The number of carbonyl (C=O) groups excluding carboxylic acids is 1. The summed E-state index contributed by atoms with van der Waals surface area (Å²) in [4.78, 5) is 43.9. The number of ether oxygens (including phenoxy) is 1. The monoisotopic (exact) mass is 372 g/mol. The van der Waals surface area contributed by atoms with Gasteiger partial charge in [-0.2, -0.15) is 0 Å². The molecule has 0 saturated carbocycles. The van der Waals surface area contributed by atoms with E-state index in [0.717, 1.165) is 24.3 Å². The maximum absolute atomic E-state index is 11.4. The van der Waals surface area contributed by atoms with Crippen molar-refractivity contribution in [1.82, 2.24) is 0 Å². The van der Waals surface area contributed by atoms with Crippen molar-refractivity contribution in [3.8, 4) is 11.5 Å². The SMILES string of the molecule is C=CC(=O)Nc1ccc(Oc2ccc([N+](=O)[O-])c(C(=O)O)c2)cc1C(=O)O. The van der Waals surface area contributed by atoms with Crippen molar-refractivity contribution in [3.05, 3.63) is 70.3 Å². The van der Waals surface area contributed by atoms with E-state index in [0.29, 0.717) is 0 Å². The number of nitrogens with zero attached hydrogens (tertiary/aromatic N) is 1. The van der Waals surface area contributed by atoms with Gasteiger partial charge in [-0.3, -0.25) is 14.9 Å². The molecule has 27 heavy (non-hydrogen) atoms. The zero-order valence-electron chi connectivity index (χ0n) is 13.5. The number of nitrogens with one attached hydrogen (secondary N) is 1. The number of carbonyl (C=O) groups is 3. The van der Waals surface area contributed by atoms with Crippen LogP contribution in [0.4, 0.5) is 11.4 Å². The van der Waals surface area contributed by atoms with Gasteiger partial charge in [0, 0.05) is 12.1 Å². The average molecular weight is 372 g/mol. The van der Waals surface area contributed by atoms with Crippen molar-refractivity contribution in [2.24, 2.45) is 0 Å². The largest absolute Gasteiger partial charge is 0.478 e. The predicted molar refractivity (Wildman–Crippen MR) is 92.4 cm³/mol. The highest BCUT2D eigenvalue weighted by Crippen LogP contribution is 2.30. The molecule has 1 amide bonds. The Morgan fingerprint density at radius 1 is 1.04 bits per heavy atom. The standard InChI is InChI=1S/C17H12N2O8/c1-2-15(20)18-13-5-3-9(7-11(13)16(21)22)27-10-4-6-14(19(25)26)12(8-10)17(23)24/h2-8H,1H2,(H,18,20)(H,21,22)(H,23,24). The van der Waals surface area contributed by atoms with E-state index in [-0.39, 0.29) is 22.7 Å². The predicted octanol–water partition coefficient (Wildman–Crippen LogP) is 2.91. The van der Waals surface area contributed by atoms with E-state index < -0.39 is 34.0 Å². The number of aromatic carboxylic acids is 2. The van der Waals surface area contributed by atoms with E-state index in [1.165, 1.54) is 18.2 Å². The van der Waals surface area contributed by atoms with Crippen molar-refractivity contribution >= 4 is 29.2 Å². The lowest BCUT2D eigenvalue weighted by Crippen LogP contribution is -2.11. The number of amides is 1. The van der Waals surface area contributed by atoms with E-state index in [2.05, 4.69) is 11.9 Å². The Labute approximate surface area is 151 Å². The molecule has 10 nitrogen and oxygen atoms in total. The van der Waals surface area contributed by atoms with E-state index in [9.17, 15) is 29.6 Å². The molecule has 0 heterocycles. The first-order valence-electron chi connectivity index (χ1n) is 7.23. The molecule has 10 heteroatoms. The number of benzene rings is 2. The van der Waals surface area contributed by atoms with Gasteiger partial charge in [0.25, 0.3) is 5.69 Å². The number of anilines is 1. The lowest BCUT2D eigenvalue weighted by Gasteiger charge is -2.11. The first-order chi connectivity index (χ1) is 12.7. The minimum atomic E-state index is -1.51. The highest BCUT2D eigenvalue weighted by atomic mass is 16.6. The number of carboxylic acid groups (broad SMARTS) is 2. The highest BCUT2D eigenvalue weighted by Gasteiger charge is 2.21. The fraction of sp³-hybridized carbons (Fsp3) is 0. The van der Waals surface area contributed by atoms with Gasteiger partial charge in [-0.15, -0.1) is 0 Å². The summed E-state index contributed by atoms with van der Waals surface area (Å²) in [5.41, 5.74) is -1.45. The lowest BCUT2D eigenvalue weighted by atomic mass is 10.1. The second kappa shape index (κ2) is 7.78. The van der Waals surface area contributed by atoms with Crippen molar-refractivity contribution < 1.29 is 34.3 Å². The summed E-state index contributed by atoms with van der Waals surface area (Å²) in [5, 5.41) is 31.5. The fourth-order valence-electron chi connectivity index (χ4n) is 2.10. The number of nitro benzene ring substituents is 1. The minimum Gasteiger partial charge on any atom is -0.478 e. The third-order valence-corrected chi connectivity index (χ3v) is 3.30. The Balaban J connectivity index is 2.38. The Morgan fingerprint density at radius 2 is 1.59 bits per heavy atom. The highest BCUT2D eigenvalue weighted by molar-refractivity contribution is 6.04. The van der Waals surface area contributed by atoms with Crippen LogP contribution in [0.5, 0.6) is 11.5 Å². The van der Waals surface area contributed by atoms with Gasteiger partial charge in [-0.1, -0.05) is 6.58 Å². The van der Waals surface area contributed by atoms with Crippen LogP contribution in [0.1, 0.15) is 20.7 Å². The lowest BCUT2D eigenvalue weighted by molar-refractivity contribution is -0.385. The van der Waals surface area contributed by atoms with E-state index in [1.54, 1.807) is 0 Å². The van der Waals surface area contributed by atoms with Crippen LogP contribution in [-0.4, -0.2) is 33.0 Å². The number of hydrogen-bond donors (Lipinski definition) is 3. The molecule has 2 aromatic carbocycles. The van der Waals surface area contributed by atoms with Gasteiger partial charge in [0.15, 0.2) is 0 Å². The normalized spacial score (nSPS) is 9.93.